The molecule has 0 aliphatic rings. The van der Waals surface area contributed by atoms with Crippen LogP contribution in [0.1, 0.15) is 54.4 Å². The molecule has 0 rings (SSSR count). The maximum Gasteiger partial charge on any atom is 0.326 e. The third kappa shape index (κ3) is 10.6. The fourth-order valence-electron chi connectivity index (χ4n) is 3.06. The molecule has 0 spiro atoms. The zero-order valence-electron chi connectivity index (χ0n) is 20.0. The molecular weight excluding hydrogens is 436 g/mol. The molecule has 0 saturated heterocycles. The van der Waals surface area contributed by atoms with Crippen LogP contribution in [0.5, 0.6) is 0 Å². The molecule has 0 heterocycles. The number of aliphatic hydroxyl groups excluding tert-OH is 1. The Morgan fingerprint density at radius 3 is 1.55 bits per heavy atom. The van der Waals surface area contributed by atoms with Gasteiger partial charge in [-0.2, -0.15) is 0 Å². The lowest BCUT2D eigenvalue weighted by Gasteiger charge is -2.29. The van der Waals surface area contributed by atoms with Gasteiger partial charge in [0.2, 0.25) is 11.8 Å². The molecule has 0 aromatic carbocycles. The molecule has 8 N–H and O–H groups in total. The molecule has 12 heteroatoms. The zero-order valence-corrected chi connectivity index (χ0v) is 20.0. The monoisotopic (exact) mass is 474 g/mol. The summed E-state index contributed by atoms with van der Waals surface area (Å²) in [5, 5.41) is 35.2. The smallest absolute Gasteiger partial charge is 0.326 e. The highest BCUT2D eigenvalue weighted by Gasteiger charge is 2.34. The molecule has 0 aliphatic carbocycles. The van der Waals surface area contributed by atoms with Crippen LogP contribution in [-0.4, -0.2) is 75.3 Å². The van der Waals surface area contributed by atoms with Crippen molar-refractivity contribution in [3.8, 4) is 0 Å². The van der Waals surface area contributed by atoms with Gasteiger partial charge in [0.15, 0.2) is 0 Å². The Labute approximate surface area is 193 Å². The SMILES string of the molecule is CC(C)C[C@H](N)[C@H](O)C(=O)N[C@H](C(=O)N[C@@H](C(=O)N[C@@H](CC(=O)O)C(=O)O)C(C)C)C(C)C. The van der Waals surface area contributed by atoms with Crippen LogP contribution in [0.25, 0.3) is 0 Å². The summed E-state index contributed by atoms with van der Waals surface area (Å²) in [4.78, 5) is 60.0. The number of aliphatic hydroxyl groups is 1. The number of carbonyl (C=O) groups is 5. The zero-order chi connectivity index (χ0) is 26.0. The molecule has 0 aliphatic heterocycles. The summed E-state index contributed by atoms with van der Waals surface area (Å²) in [6.07, 6.45) is -1.97. The van der Waals surface area contributed by atoms with Crippen molar-refractivity contribution in [3.05, 3.63) is 0 Å². The van der Waals surface area contributed by atoms with Gasteiger partial charge in [-0.1, -0.05) is 41.5 Å². The number of aliphatic carboxylic acids is 2. The second kappa shape index (κ2) is 13.7. The first-order chi connectivity index (χ1) is 15.1. The molecule has 0 fully saturated rings. The van der Waals surface area contributed by atoms with Crippen molar-refractivity contribution in [1.29, 1.82) is 0 Å². The third-order valence-corrected chi connectivity index (χ3v) is 4.90. The van der Waals surface area contributed by atoms with Crippen LogP contribution in [0.15, 0.2) is 0 Å². The lowest BCUT2D eigenvalue weighted by atomic mass is 9.97. The van der Waals surface area contributed by atoms with E-state index in [1.165, 1.54) is 0 Å². The lowest BCUT2D eigenvalue weighted by Crippen LogP contribution is -2.60. The molecule has 0 radical (unpaired) electrons. The first kappa shape index (κ1) is 30.3. The van der Waals surface area contributed by atoms with Crippen LogP contribution in [0.3, 0.4) is 0 Å². The van der Waals surface area contributed by atoms with Crippen molar-refractivity contribution in [2.45, 2.75) is 84.7 Å². The molecule has 0 aromatic heterocycles. The number of amides is 3. The quantitative estimate of drug-likeness (QED) is 0.165. The number of carboxylic acid groups (broad SMARTS) is 2. The maximum atomic E-state index is 12.9. The molecule has 3 amide bonds. The number of nitrogens with one attached hydrogen (secondary N) is 3. The standard InChI is InChI=1S/C21H38N4O8/c1-9(2)7-12(22)17(28)20(31)25-16(11(5)6)19(30)24-15(10(3)4)18(29)23-13(21(32)33)8-14(26)27/h9-13,15-17,28H,7-8,22H2,1-6H3,(H,23,29)(H,24,30)(H,25,31)(H,26,27)(H,32,33)/t12-,13-,15+,16-,17-/m0/s1. The summed E-state index contributed by atoms with van der Waals surface area (Å²) < 4.78 is 0. The van der Waals surface area contributed by atoms with Crippen molar-refractivity contribution >= 4 is 29.7 Å². The van der Waals surface area contributed by atoms with E-state index in [4.69, 9.17) is 15.9 Å². The van der Waals surface area contributed by atoms with E-state index in [1.54, 1.807) is 27.7 Å². The third-order valence-electron chi connectivity index (χ3n) is 4.90. The molecule has 0 saturated carbocycles. The molecule has 0 unspecified atom stereocenters. The summed E-state index contributed by atoms with van der Waals surface area (Å²) in [7, 11) is 0. The summed E-state index contributed by atoms with van der Waals surface area (Å²) in [6.45, 7) is 10.3. The van der Waals surface area contributed by atoms with Gasteiger partial charge in [0.05, 0.1) is 6.42 Å². The fraction of sp³-hybridized carbons (Fsp3) is 0.762. The van der Waals surface area contributed by atoms with Crippen molar-refractivity contribution in [2.24, 2.45) is 23.5 Å². The van der Waals surface area contributed by atoms with Crippen molar-refractivity contribution in [1.82, 2.24) is 16.0 Å². The molecule has 33 heavy (non-hydrogen) atoms. The molecule has 0 bridgehead atoms. The van der Waals surface area contributed by atoms with E-state index in [9.17, 15) is 29.1 Å². The van der Waals surface area contributed by atoms with Gasteiger partial charge in [-0.25, -0.2) is 4.79 Å². The molecular formula is C21H38N4O8. The Kier molecular flexibility index (Phi) is 12.6. The van der Waals surface area contributed by atoms with Crippen molar-refractivity contribution < 1.29 is 39.3 Å². The van der Waals surface area contributed by atoms with Gasteiger partial charge in [-0.05, 0) is 24.2 Å². The normalized spacial score (nSPS) is 16.0. The van der Waals surface area contributed by atoms with Crippen LogP contribution >= 0.6 is 0 Å². The highest BCUT2D eigenvalue weighted by Crippen LogP contribution is 2.10. The number of carboxylic acids is 2. The summed E-state index contributed by atoms with van der Waals surface area (Å²) >= 11 is 0. The van der Waals surface area contributed by atoms with Gasteiger partial charge < -0.3 is 37.0 Å². The van der Waals surface area contributed by atoms with Crippen LogP contribution in [-0.2, 0) is 24.0 Å². The number of rotatable bonds is 14. The second-order valence-electron chi connectivity index (χ2n) is 9.20. The highest BCUT2D eigenvalue weighted by atomic mass is 16.4. The average molecular weight is 475 g/mol. The Morgan fingerprint density at radius 2 is 1.18 bits per heavy atom. The van der Waals surface area contributed by atoms with Gasteiger partial charge in [0.1, 0.15) is 24.2 Å². The van der Waals surface area contributed by atoms with E-state index >= 15 is 0 Å². The minimum atomic E-state index is -1.67. The van der Waals surface area contributed by atoms with Crippen molar-refractivity contribution in [3.63, 3.8) is 0 Å². The average Bonchev–Trinajstić information content (AvgIpc) is 2.66. The highest BCUT2D eigenvalue weighted by molar-refractivity contribution is 5.94. The van der Waals surface area contributed by atoms with Gasteiger partial charge in [0.25, 0.3) is 5.91 Å². The molecule has 190 valence electrons. The number of hydrogen-bond donors (Lipinski definition) is 7. The van der Waals surface area contributed by atoms with Crippen LogP contribution in [0.2, 0.25) is 0 Å². The van der Waals surface area contributed by atoms with E-state index in [0.717, 1.165) is 0 Å². The second-order valence-corrected chi connectivity index (χ2v) is 9.20. The topological polar surface area (TPSA) is 208 Å². The summed E-state index contributed by atoms with van der Waals surface area (Å²) in [5.41, 5.74) is 5.86. The van der Waals surface area contributed by atoms with Crippen LogP contribution in [0, 0.1) is 17.8 Å². The molecule has 0 aromatic rings. The van der Waals surface area contributed by atoms with Crippen LogP contribution in [0.4, 0.5) is 0 Å². The van der Waals surface area contributed by atoms with Gasteiger partial charge in [0, 0.05) is 6.04 Å². The van der Waals surface area contributed by atoms with Gasteiger partial charge in [-0.15, -0.1) is 0 Å². The van der Waals surface area contributed by atoms with E-state index in [0.29, 0.717) is 6.42 Å². The largest absolute Gasteiger partial charge is 0.481 e. The maximum absolute atomic E-state index is 12.9. The Morgan fingerprint density at radius 1 is 0.758 bits per heavy atom. The molecule has 5 atom stereocenters. The summed E-state index contributed by atoms with van der Waals surface area (Å²) in [6, 6.07) is -4.80. The fourth-order valence-corrected chi connectivity index (χ4v) is 3.06. The minimum absolute atomic E-state index is 0.146. The number of nitrogens with two attached hydrogens (primary N) is 1. The van der Waals surface area contributed by atoms with Crippen LogP contribution < -0.4 is 21.7 Å². The lowest BCUT2D eigenvalue weighted by molar-refractivity contribution is -0.147. The summed E-state index contributed by atoms with van der Waals surface area (Å²) in [5.74, 6) is -6.12. The first-order valence-corrected chi connectivity index (χ1v) is 10.9. The molecule has 12 nitrogen and oxygen atoms in total. The van der Waals surface area contributed by atoms with E-state index in [2.05, 4.69) is 16.0 Å². The minimum Gasteiger partial charge on any atom is -0.481 e. The van der Waals surface area contributed by atoms with Crippen molar-refractivity contribution in [2.75, 3.05) is 0 Å². The van der Waals surface area contributed by atoms with Gasteiger partial charge >= 0.3 is 11.9 Å². The predicted octanol–water partition coefficient (Wildman–Crippen LogP) is -0.954. The van der Waals surface area contributed by atoms with Gasteiger partial charge in [-0.3, -0.25) is 19.2 Å². The Bertz CT molecular complexity index is 710. The first-order valence-electron chi connectivity index (χ1n) is 10.9. The van der Waals surface area contributed by atoms with E-state index < -0.39 is 78.2 Å². The predicted molar refractivity (Wildman–Crippen MR) is 119 cm³/mol. The Hall–Kier alpha value is -2.73. The van der Waals surface area contributed by atoms with E-state index in [-0.39, 0.29) is 5.92 Å². The number of carbonyl (C=O) groups excluding carboxylic acids is 3. The van der Waals surface area contributed by atoms with E-state index in [1.807, 2.05) is 13.8 Å². The Balaban J connectivity index is 5.41. The number of hydrogen-bond acceptors (Lipinski definition) is 7.